The Hall–Kier alpha value is -2.99. The van der Waals surface area contributed by atoms with Gasteiger partial charge in [-0.25, -0.2) is 0 Å². The number of nitrogens with zero attached hydrogens (tertiary/aromatic N) is 1. The molecule has 2 aromatic rings. The third-order valence-corrected chi connectivity index (χ3v) is 5.01. The number of carbonyl (C=O) groups excluding carboxylic acids is 3. The number of carbonyl (C=O) groups is 3. The normalized spacial score (nSPS) is 17.1. The predicted octanol–water partition coefficient (Wildman–Crippen LogP) is 2.59. The minimum Gasteiger partial charge on any atom is -0.370 e. The molecule has 146 valence electrons. The van der Waals surface area contributed by atoms with Crippen LogP contribution in [0.1, 0.15) is 41.6 Å². The van der Waals surface area contributed by atoms with Gasteiger partial charge < -0.3 is 11.1 Å². The van der Waals surface area contributed by atoms with Gasteiger partial charge in [0.1, 0.15) is 0 Å². The summed E-state index contributed by atoms with van der Waals surface area (Å²) >= 11 is 0. The summed E-state index contributed by atoms with van der Waals surface area (Å²) in [5.41, 5.74) is 6.86. The number of nitrogens with two attached hydrogens (primary N) is 1. The van der Waals surface area contributed by atoms with Crippen LogP contribution in [-0.2, 0) is 9.59 Å². The van der Waals surface area contributed by atoms with Gasteiger partial charge in [-0.3, -0.25) is 19.3 Å². The van der Waals surface area contributed by atoms with Crippen molar-refractivity contribution >= 4 is 23.3 Å². The van der Waals surface area contributed by atoms with Crippen LogP contribution >= 0.6 is 0 Å². The van der Waals surface area contributed by atoms with Crippen LogP contribution in [-0.4, -0.2) is 41.6 Å². The molecule has 6 heteroatoms. The van der Waals surface area contributed by atoms with Crippen molar-refractivity contribution in [1.82, 2.24) is 4.90 Å². The fourth-order valence-corrected chi connectivity index (χ4v) is 3.64. The quantitative estimate of drug-likeness (QED) is 0.723. The molecule has 1 heterocycles. The first kappa shape index (κ1) is 19.8. The maximum atomic E-state index is 12.8. The van der Waals surface area contributed by atoms with Crippen LogP contribution in [0, 0.1) is 0 Å². The summed E-state index contributed by atoms with van der Waals surface area (Å²) < 4.78 is 0. The highest BCUT2D eigenvalue weighted by Crippen LogP contribution is 2.21. The van der Waals surface area contributed by atoms with Gasteiger partial charge >= 0.3 is 0 Å². The Labute approximate surface area is 164 Å². The van der Waals surface area contributed by atoms with Gasteiger partial charge in [-0.15, -0.1) is 0 Å². The van der Waals surface area contributed by atoms with E-state index in [1.54, 1.807) is 36.4 Å². The second-order valence-electron chi connectivity index (χ2n) is 7.08. The van der Waals surface area contributed by atoms with Crippen molar-refractivity contribution < 1.29 is 14.4 Å². The highest BCUT2D eigenvalue weighted by atomic mass is 16.2. The molecular formula is C22H25N3O3. The lowest BCUT2D eigenvalue weighted by molar-refractivity contribution is -0.122. The molecule has 6 nitrogen and oxygen atoms in total. The Morgan fingerprint density at radius 2 is 1.71 bits per heavy atom. The summed E-state index contributed by atoms with van der Waals surface area (Å²) in [6.07, 6.45) is 3.14. The van der Waals surface area contributed by atoms with Crippen LogP contribution in [0.2, 0.25) is 0 Å². The highest BCUT2D eigenvalue weighted by Gasteiger charge is 2.26. The predicted molar refractivity (Wildman–Crippen MR) is 108 cm³/mol. The van der Waals surface area contributed by atoms with Crippen molar-refractivity contribution in [3.05, 3.63) is 65.7 Å². The number of piperidine rings is 1. The van der Waals surface area contributed by atoms with Gasteiger partial charge in [-0.1, -0.05) is 48.9 Å². The fraction of sp³-hybridized carbons (Fsp3) is 0.318. The molecule has 1 saturated heterocycles. The number of benzene rings is 2. The van der Waals surface area contributed by atoms with E-state index in [9.17, 15) is 14.4 Å². The van der Waals surface area contributed by atoms with E-state index in [1.807, 2.05) is 23.1 Å². The van der Waals surface area contributed by atoms with Crippen LogP contribution in [0.4, 0.5) is 5.69 Å². The number of likely N-dealkylation sites (tertiary alicyclic amines) is 1. The van der Waals surface area contributed by atoms with Crippen LogP contribution in [0.25, 0.3) is 0 Å². The van der Waals surface area contributed by atoms with E-state index in [0.717, 1.165) is 25.8 Å². The Bertz CT molecular complexity index is 851. The molecular weight excluding hydrogens is 354 g/mol. The van der Waals surface area contributed by atoms with E-state index in [0.29, 0.717) is 16.8 Å². The average molecular weight is 379 g/mol. The zero-order chi connectivity index (χ0) is 19.9. The second-order valence-corrected chi connectivity index (χ2v) is 7.08. The first-order valence-corrected chi connectivity index (χ1v) is 9.55. The molecule has 0 saturated carbocycles. The van der Waals surface area contributed by atoms with Crippen molar-refractivity contribution in [3.8, 4) is 0 Å². The van der Waals surface area contributed by atoms with Crippen LogP contribution < -0.4 is 11.1 Å². The molecule has 1 aliphatic rings. The van der Waals surface area contributed by atoms with Gasteiger partial charge in [-0.2, -0.15) is 0 Å². The first-order chi connectivity index (χ1) is 13.5. The van der Waals surface area contributed by atoms with Crippen molar-refractivity contribution in [2.24, 2.45) is 5.73 Å². The summed E-state index contributed by atoms with van der Waals surface area (Å²) in [4.78, 5) is 38.7. The van der Waals surface area contributed by atoms with Crippen molar-refractivity contribution in [2.75, 3.05) is 18.4 Å². The minimum absolute atomic E-state index is 0.00167. The zero-order valence-electron chi connectivity index (χ0n) is 15.8. The first-order valence-electron chi connectivity index (χ1n) is 9.55. The number of rotatable bonds is 7. The van der Waals surface area contributed by atoms with E-state index < -0.39 is 0 Å². The number of anilines is 1. The van der Waals surface area contributed by atoms with Crippen molar-refractivity contribution in [1.29, 1.82) is 0 Å². The number of hydrogen-bond acceptors (Lipinski definition) is 4. The molecule has 3 N–H and O–H groups in total. The van der Waals surface area contributed by atoms with E-state index in [4.69, 9.17) is 5.73 Å². The Morgan fingerprint density at radius 3 is 2.46 bits per heavy atom. The molecule has 0 bridgehead atoms. The van der Waals surface area contributed by atoms with Gasteiger partial charge in [0.2, 0.25) is 11.8 Å². The largest absolute Gasteiger partial charge is 0.370 e. The van der Waals surface area contributed by atoms with Gasteiger partial charge in [0.15, 0.2) is 5.78 Å². The molecule has 1 unspecified atom stereocenters. The average Bonchev–Trinajstić information content (AvgIpc) is 2.69. The smallest absolute Gasteiger partial charge is 0.238 e. The highest BCUT2D eigenvalue weighted by molar-refractivity contribution is 6.13. The maximum absolute atomic E-state index is 12.8. The lowest BCUT2D eigenvalue weighted by Crippen LogP contribution is -2.45. The molecule has 0 spiro atoms. The molecule has 0 radical (unpaired) electrons. The van der Waals surface area contributed by atoms with Crippen LogP contribution in [0.5, 0.6) is 0 Å². The fourth-order valence-electron chi connectivity index (χ4n) is 3.64. The lowest BCUT2D eigenvalue weighted by Gasteiger charge is -2.34. The minimum atomic E-state index is -0.351. The Morgan fingerprint density at radius 1 is 1.00 bits per heavy atom. The second kappa shape index (κ2) is 9.28. The van der Waals surface area contributed by atoms with Crippen LogP contribution in [0.3, 0.4) is 0 Å². The summed E-state index contributed by atoms with van der Waals surface area (Å²) in [5, 5.41) is 2.86. The molecule has 1 atom stereocenters. The summed E-state index contributed by atoms with van der Waals surface area (Å²) in [6.45, 7) is 0.932. The number of nitrogens with one attached hydrogen (secondary N) is 1. The van der Waals surface area contributed by atoms with Gasteiger partial charge in [0.05, 0.1) is 12.2 Å². The number of para-hydroxylation sites is 1. The molecule has 1 fully saturated rings. The SMILES string of the molecule is NC(=O)CC1CCCCN1CC(=O)Nc1ccccc1C(=O)c1ccccc1. The van der Waals surface area contributed by atoms with Gasteiger partial charge in [-0.05, 0) is 31.5 Å². The third-order valence-electron chi connectivity index (χ3n) is 5.01. The summed E-state index contributed by atoms with van der Waals surface area (Å²) in [5.74, 6) is -0.693. The standard InChI is InChI=1S/C22H25N3O3/c23-20(26)14-17-10-6-7-13-25(17)15-21(27)24-19-12-5-4-11-18(19)22(28)16-8-2-1-3-9-16/h1-5,8-9,11-12,17H,6-7,10,13-15H2,(H2,23,26)(H,24,27). The Kier molecular flexibility index (Phi) is 6.55. The molecule has 3 rings (SSSR count). The summed E-state index contributed by atoms with van der Waals surface area (Å²) in [7, 11) is 0. The third kappa shape index (κ3) is 5.04. The van der Waals surface area contributed by atoms with Crippen LogP contribution in [0.15, 0.2) is 54.6 Å². The van der Waals surface area contributed by atoms with E-state index in [2.05, 4.69) is 5.32 Å². The number of hydrogen-bond donors (Lipinski definition) is 2. The van der Waals surface area contributed by atoms with E-state index in [-0.39, 0.29) is 36.6 Å². The maximum Gasteiger partial charge on any atom is 0.238 e. The monoisotopic (exact) mass is 379 g/mol. The molecule has 0 aliphatic carbocycles. The molecule has 0 aromatic heterocycles. The van der Waals surface area contributed by atoms with Gasteiger partial charge in [0, 0.05) is 23.6 Å². The van der Waals surface area contributed by atoms with Gasteiger partial charge in [0.25, 0.3) is 0 Å². The number of amides is 2. The molecule has 2 aromatic carbocycles. The lowest BCUT2D eigenvalue weighted by atomic mass is 9.99. The number of primary amides is 1. The molecule has 2 amide bonds. The zero-order valence-corrected chi connectivity index (χ0v) is 15.8. The van der Waals surface area contributed by atoms with Crippen molar-refractivity contribution in [2.45, 2.75) is 31.7 Å². The Balaban J connectivity index is 1.70. The van der Waals surface area contributed by atoms with E-state index >= 15 is 0 Å². The number of ketones is 1. The topological polar surface area (TPSA) is 92.5 Å². The molecule has 28 heavy (non-hydrogen) atoms. The summed E-state index contributed by atoms with van der Waals surface area (Å²) in [6, 6.07) is 16.0. The van der Waals surface area contributed by atoms with Crippen molar-refractivity contribution in [3.63, 3.8) is 0 Å². The molecule has 1 aliphatic heterocycles. The van der Waals surface area contributed by atoms with E-state index in [1.165, 1.54) is 0 Å².